The van der Waals surface area contributed by atoms with Crippen LogP contribution < -0.4 is 0 Å². The molecule has 1 N–H and O–H groups in total. The van der Waals surface area contributed by atoms with Crippen LogP contribution in [0.25, 0.3) is 22.4 Å². The number of ether oxygens (including phenoxy) is 1. The van der Waals surface area contributed by atoms with Gasteiger partial charge in [0.25, 0.3) is 0 Å². The number of carbonyl (C=O) groups excluding carboxylic acids is 1. The van der Waals surface area contributed by atoms with Crippen molar-refractivity contribution in [2.24, 2.45) is 0 Å². The Kier molecular flexibility index (Phi) is 7.62. The Morgan fingerprint density at radius 1 is 1.08 bits per heavy atom. The number of benzene rings is 2. The molecule has 0 saturated carbocycles. The van der Waals surface area contributed by atoms with Gasteiger partial charge in [-0.2, -0.15) is 0 Å². The maximum Gasteiger partial charge on any atom is 0.410 e. The smallest absolute Gasteiger partial charge is 0.410 e. The Morgan fingerprint density at radius 2 is 1.84 bits per heavy atom. The predicted molar refractivity (Wildman–Crippen MR) is 152 cm³/mol. The van der Waals surface area contributed by atoms with E-state index >= 15 is 0 Å². The van der Waals surface area contributed by atoms with Crippen LogP contribution in [-0.4, -0.2) is 41.2 Å². The first-order valence-corrected chi connectivity index (χ1v) is 16.3. The van der Waals surface area contributed by atoms with Gasteiger partial charge in [-0.25, -0.2) is 9.78 Å². The van der Waals surface area contributed by atoms with E-state index in [-0.39, 0.29) is 12.1 Å². The molecule has 37 heavy (non-hydrogen) atoms. The van der Waals surface area contributed by atoms with Crippen molar-refractivity contribution in [3.8, 4) is 45.7 Å². The topological polar surface area (TPSA) is 58.2 Å². The molecular formula is C31H35N3O2Si. The quantitative estimate of drug-likeness (QED) is 0.304. The van der Waals surface area contributed by atoms with Crippen LogP contribution in [0.1, 0.15) is 51.0 Å². The van der Waals surface area contributed by atoms with Gasteiger partial charge in [0.05, 0.1) is 17.9 Å². The minimum Gasteiger partial charge on any atom is -0.444 e. The van der Waals surface area contributed by atoms with Crippen molar-refractivity contribution >= 4 is 14.2 Å². The molecule has 0 spiro atoms. The normalized spacial score (nSPS) is 15.4. The molecule has 0 aliphatic carbocycles. The molecule has 6 heteroatoms. The van der Waals surface area contributed by atoms with Gasteiger partial charge in [-0.05, 0) is 68.7 Å². The van der Waals surface area contributed by atoms with Crippen LogP contribution >= 0.6 is 0 Å². The van der Waals surface area contributed by atoms with Gasteiger partial charge in [-0.3, -0.25) is 4.90 Å². The van der Waals surface area contributed by atoms with Gasteiger partial charge in [0.15, 0.2) is 0 Å². The highest BCUT2D eigenvalue weighted by Crippen LogP contribution is 2.34. The second kappa shape index (κ2) is 10.7. The van der Waals surface area contributed by atoms with Crippen LogP contribution in [0.15, 0.2) is 54.7 Å². The molecule has 1 amide bonds. The molecule has 1 aliphatic heterocycles. The van der Waals surface area contributed by atoms with E-state index in [1.54, 1.807) is 4.90 Å². The molecule has 0 radical (unpaired) electrons. The highest BCUT2D eigenvalue weighted by molar-refractivity contribution is 6.83. The number of rotatable bonds is 3. The van der Waals surface area contributed by atoms with Crippen molar-refractivity contribution in [3.05, 3.63) is 66.1 Å². The Labute approximate surface area is 221 Å². The summed E-state index contributed by atoms with van der Waals surface area (Å²) in [5, 5.41) is 0. The molecule has 2 aromatic carbocycles. The third kappa shape index (κ3) is 6.93. The second-order valence-corrected chi connectivity index (χ2v) is 16.1. The number of H-pyrrole nitrogens is 1. The van der Waals surface area contributed by atoms with E-state index in [0.29, 0.717) is 6.54 Å². The van der Waals surface area contributed by atoms with Crippen molar-refractivity contribution in [1.82, 2.24) is 14.9 Å². The van der Waals surface area contributed by atoms with Gasteiger partial charge in [-0.1, -0.05) is 62.0 Å². The number of aromatic amines is 1. The van der Waals surface area contributed by atoms with E-state index in [1.807, 2.05) is 51.2 Å². The van der Waals surface area contributed by atoms with E-state index in [1.165, 1.54) is 0 Å². The first-order valence-electron chi connectivity index (χ1n) is 12.8. The fourth-order valence-electron chi connectivity index (χ4n) is 4.24. The zero-order valence-electron chi connectivity index (χ0n) is 22.6. The number of nitrogens with zero attached hydrogens (tertiary/aromatic N) is 2. The lowest BCUT2D eigenvalue weighted by molar-refractivity contribution is 0.0218. The van der Waals surface area contributed by atoms with Crippen LogP contribution in [0.4, 0.5) is 4.79 Å². The number of aromatic nitrogens is 2. The average Bonchev–Trinajstić information content (AvgIpc) is 3.50. The number of imidazole rings is 1. The van der Waals surface area contributed by atoms with E-state index in [0.717, 1.165) is 46.6 Å². The summed E-state index contributed by atoms with van der Waals surface area (Å²) in [6.45, 7) is 13.0. The Morgan fingerprint density at radius 3 is 2.54 bits per heavy atom. The van der Waals surface area contributed by atoms with Crippen LogP contribution in [0, 0.1) is 23.3 Å². The van der Waals surface area contributed by atoms with Crippen molar-refractivity contribution in [2.75, 3.05) is 6.54 Å². The maximum absolute atomic E-state index is 12.8. The first-order chi connectivity index (χ1) is 17.5. The molecule has 1 saturated heterocycles. The van der Waals surface area contributed by atoms with Crippen LogP contribution in [0.3, 0.4) is 0 Å². The van der Waals surface area contributed by atoms with Crippen molar-refractivity contribution in [3.63, 3.8) is 0 Å². The lowest BCUT2D eigenvalue weighted by Crippen LogP contribution is -2.36. The Balaban J connectivity index is 1.64. The predicted octanol–water partition coefficient (Wildman–Crippen LogP) is 7.05. The number of amides is 1. The summed E-state index contributed by atoms with van der Waals surface area (Å²) in [6.07, 6.45) is 3.33. The van der Waals surface area contributed by atoms with Crippen LogP contribution in [-0.2, 0) is 4.74 Å². The second-order valence-electron chi connectivity index (χ2n) is 11.4. The number of carbonyl (C=O) groups is 1. The van der Waals surface area contributed by atoms with Crippen LogP contribution in [0.5, 0.6) is 0 Å². The largest absolute Gasteiger partial charge is 0.444 e. The van der Waals surface area contributed by atoms with E-state index in [2.05, 4.69) is 77.2 Å². The molecular weight excluding hydrogens is 474 g/mol. The summed E-state index contributed by atoms with van der Waals surface area (Å²) in [5.74, 6) is 10.2. The highest BCUT2D eigenvalue weighted by Gasteiger charge is 2.34. The molecule has 1 aliphatic rings. The average molecular weight is 510 g/mol. The fraction of sp³-hybridized carbons (Fsp3) is 0.355. The molecule has 190 valence electrons. The zero-order chi connectivity index (χ0) is 26.6. The summed E-state index contributed by atoms with van der Waals surface area (Å²) < 4.78 is 5.63. The van der Waals surface area contributed by atoms with Crippen molar-refractivity contribution in [2.45, 2.75) is 64.9 Å². The van der Waals surface area contributed by atoms with Gasteiger partial charge in [0.1, 0.15) is 19.5 Å². The number of hydrogen-bond acceptors (Lipinski definition) is 3. The van der Waals surface area contributed by atoms with E-state index in [4.69, 9.17) is 4.74 Å². The highest BCUT2D eigenvalue weighted by atomic mass is 28.3. The summed E-state index contributed by atoms with van der Waals surface area (Å²) in [4.78, 5) is 22.7. The van der Waals surface area contributed by atoms with Gasteiger partial charge < -0.3 is 9.72 Å². The number of nitrogens with one attached hydrogen (secondary N) is 1. The molecule has 4 rings (SSSR count). The van der Waals surface area contributed by atoms with Crippen molar-refractivity contribution < 1.29 is 9.53 Å². The first kappa shape index (κ1) is 26.3. The summed E-state index contributed by atoms with van der Waals surface area (Å²) >= 11 is 0. The zero-order valence-corrected chi connectivity index (χ0v) is 23.6. The van der Waals surface area contributed by atoms with Crippen LogP contribution in [0.2, 0.25) is 19.6 Å². The molecule has 1 atom stereocenters. The lowest BCUT2D eigenvalue weighted by Gasteiger charge is -2.27. The SMILES string of the molecule is CC(C)(C)OC(=O)N1CCC[C@H]1c1ncc(-c2ccc(C#CC#C[Si](C)(C)C)c(-c3ccccc3)c2)[nH]1. The summed E-state index contributed by atoms with van der Waals surface area (Å²) in [7, 11) is -1.47. The molecule has 0 bridgehead atoms. The summed E-state index contributed by atoms with van der Waals surface area (Å²) in [6, 6.07) is 16.4. The lowest BCUT2D eigenvalue weighted by atomic mass is 9.96. The third-order valence-corrected chi connectivity index (χ3v) is 6.78. The van der Waals surface area contributed by atoms with E-state index in [9.17, 15) is 4.79 Å². The number of likely N-dealkylation sites (tertiary alicyclic amines) is 1. The minimum atomic E-state index is -1.47. The molecule has 3 aromatic rings. The third-order valence-electron chi connectivity index (χ3n) is 5.90. The van der Waals surface area contributed by atoms with Crippen molar-refractivity contribution in [1.29, 1.82) is 0 Å². The molecule has 0 unspecified atom stereocenters. The molecule has 1 aromatic heterocycles. The van der Waals surface area contributed by atoms with Gasteiger partial charge in [0.2, 0.25) is 0 Å². The molecule has 1 fully saturated rings. The van der Waals surface area contributed by atoms with Gasteiger partial charge in [0, 0.05) is 17.7 Å². The monoisotopic (exact) mass is 509 g/mol. The summed E-state index contributed by atoms with van der Waals surface area (Å²) in [5.41, 5.74) is 7.77. The Hall–Kier alpha value is -3.74. The van der Waals surface area contributed by atoms with Gasteiger partial charge in [-0.15, -0.1) is 5.54 Å². The van der Waals surface area contributed by atoms with Gasteiger partial charge >= 0.3 is 6.09 Å². The van der Waals surface area contributed by atoms with E-state index < -0.39 is 13.7 Å². The molecule has 2 heterocycles. The number of hydrogen-bond donors (Lipinski definition) is 1. The fourth-order valence-corrected chi connectivity index (χ4v) is 4.67. The molecule has 5 nitrogen and oxygen atoms in total. The Bertz CT molecular complexity index is 1390. The maximum atomic E-state index is 12.8. The standard InChI is InChI=1S/C31H35N3O2Si/c1-31(2,3)36-30(35)34-19-12-16-28(34)29-32-22-27(33-29)25-18-17-24(15-10-11-20-37(4,5)6)26(21-25)23-13-8-7-9-14-23/h7-9,13-14,17-18,21-22,28H,12,16,19H2,1-6H3,(H,32,33)/t28-/m0/s1. The minimum absolute atomic E-state index is 0.118.